The highest BCUT2D eigenvalue weighted by Crippen LogP contribution is 2.27. The molecule has 3 aromatic carbocycles. The summed E-state index contributed by atoms with van der Waals surface area (Å²) < 4.78 is 1.62. The third kappa shape index (κ3) is 9.58. The van der Waals surface area contributed by atoms with Crippen molar-refractivity contribution >= 4 is 76.8 Å². The molecule has 18 heteroatoms. The van der Waals surface area contributed by atoms with Crippen LogP contribution in [-0.4, -0.2) is 77.8 Å². The number of thioether (sulfide) groups is 1. The van der Waals surface area contributed by atoms with Crippen molar-refractivity contribution in [3.05, 3.63) is 88.0 Å². The van der Waals surface area contributed by atoms with Crippen molar-refractivity contribution in [3.8, 4) is 12.1 Å². The third-order valence-electron chi connectivity index (χ3n) is 6.35. The van der Waals surface area contributed by atoms with Crippen LogP contribution in [0.4, 0.5) is 29.2 Å². The predicted octanol–water partition coefficient (Wildman–Crippen LogP) is 5.16. The number of rotatable bonds is 15. The molecule has 0 unspecified atom stereocenters. The molecule has 4 aromatic rings. The molecule has 0 saturated carbocycles. The lowest BCUT2D eigenvalue weighted by atomic mass is 10.1. The van der Waals surface area contributed by atoms with Crippen LogP contribution < -0.4 is 14.9 Å². The number of aromatic carboxylic acids is 4. The Morgan fingerprint density at radius 1 is 0.694 bits per heavy atom. The van der Waals surface area contributed by atoms with Gasteiger partial charge in [-0.15, -0.1) is 11.8 Å². The van der Waals surface area contributed by atoms with Crippen molar-refractivity contribution in [3.63, 3.8) is 0 Å². The Balaban J connectivity index is 1.58. The highest BCUT2D eigenvalue weighted by molar-refractivity contribution is 8.01. The molecular weight excluding hydrogens is 677 g/mol. The summed E-state index contributed by atoms with van der Waals surface area (Å²) in [6, 6.07) is 15.7. The van der Waals surface area contributed by atoms with Gasteiger partial charge < -0.3 is 31.1 Å². The molecule has 0 bridgehead atoms. The second-order valence-electron chi connectivity index (χ2n) is 9.82. The van der Waals surface area contributed by atoms with E-state index < -0.39 is 23.9 Å². The van der Waals surface area contributed by atoms with Crippen LogP contribution in [0, 0.1) is 22.7 Å². The number of nitrogens with one attached hydrogen (secondary N) is 2. The van der Waals surface area contributed by atoms with E-state index in [9.17, 15) is 44.9 Å². The fraction of sp³-hybridized carbons (Fsp3) is 0.129. The Hall–Kier alpha value is -6.37. The van der Waals surface area contributed by atoms with E-state index in [1.807, 2.05) is 12.1 Å². The summed E-state index contributed by atoms with van der Waals surface area (Å²) in [5.41, 5.74) is -0.554. The Morgan fingerprint density at radius 2 is 1.16 bits per heavy atom. The number of nitriles is 2. The molecule has 248 valence electrons. The molecule has 1 heterocycles. The van der Waals surface area contributed by atoms with E-state index in [1.165, 1.54) is 48.0 Å². The molecule has 0 atom stereocenters. The largest absolute Gasteiger partial charge is 0.478 e. The maximum Gasteiger partial charge on any atom is 0.335 e. The molecule has 4 rings (SSSR count). The summed E-state index contributed by atoms with van der Waals surface area (Å²) in [6.07, 6.45) is 0.711. The van der Waals surface area contributed by atoms with Gasteiger partial charge in [-0.1, -0.05) is 0 Å². The maximum atomic E-state index is 11.6. The minimum atomic E-state index is -1.36. The molecule has 0 aliphatic rings. The van der Waals surface area contributed by atoms with Crippen molar-refractivity contribution in [2.75, 3.05) is 33.5 Å². The van der Waals surface area contributed by atoms with Crippen LogP contribution >= 0.6 is 23.7 Å². The topological polar surface area (TPSA) is 263 Å². The molecule has 0 saturated heterocycles. The summed E-state index contributed by atoms with van der Waals surface area (Å²) in [7, 11) is 1.67. The van der Waals surface area contributed by atoms with Gasteiger partial charge in [-0.3, -0.25) is 4.31 Å². The Morgan fingerprint density at radius 3 is 1.59 bits per heavy atom. The van der Waals surface area contributed by atoms with E-state index in [1.54, 1.807) is 29.6 Å². The lowest BCUT2D eigenvalue weighted by Gasteiger charge is -2.18. The monoisotopic (exact) mass is 700 g/mol. The molecule has 49 heavy (non-hydrogen) atoms. The van der Waals surface area contributed by atoms with Crippen molar-refractivity contribution in [2.24, 2.45) is 0 Å². The average molecular weight is 701 g/mol. The van der Waals surface area contributed by atoms with E-state index in [0.717, 1.165) is 17.0 Å². The normalized spacial score (nSPS) is 10.3. The molecule has 0 aliphatic carbocycles. The first kappa shape index (κ1) is 35.5. The molecule has 16 nitrogen and oxygen atoms in total. The Kier molecular flexibility index (Phi) is 11.6. The zero-order valence-electron chi connectivity index (χ0n) is 25.2. The van der Waals surface area contributed by atoms with Gasteiger partial charge in [0.15, 0.2) is 0 Å². The van der Waals surface area contributed by atoms with Gasteiger partial charge in [0.2, 0.25) is 17.8 Å². The molecule has 0 aliphatic heterocycles. The van der Waals surface area contributed by atoms with Crippen molar-refractivity contribution in [1.82, 2.24) is 15.0 Å². The number of aromatic nitrogens is 3. The molecular formula is C31H24N8O8S2. The van der Waals surface area contributed by atoms with E-state index >= 15 is 0 Å². The van der Waals surface area contributed by atoms with Crippen molar-refractivity contribution in [1.29, 1.82) is 10.5 Å². The van der Waals surface area contributed by atoms with Crippen LogP contribution in [0.3, 0.4) is 0 Å². The van der Waals surface area contributed by atoms with Gasteiger partial charge in [-0.05, 0) is 78.7 Å². The van der Waals surface area contributed by atoms with Gasteiger partial charge in [0.25, 0.3) is 0 Å². The molecule has 0 amide bonds. The number of carbonyl (C=O) groups is 4. The SMILES string of the molecule is CN(SCCCSc1ccc(C#N)c(C#N)c1)c1nc(Nc2cc(C(=O)O)cc(C(=O)O)c2)nc(Nc2cc(C(=O)O)cc(C(=O)O)c2)n1. The van der Waals surface area contributed by atoms with Gasteiger partial charge in [-0.2, -0.15) is 25.5 Å². The first-order chi connectivity index (χ1) is 23.4. The van der Waals surface area contributed by atoms with Gasteiger partial charge >= 0.3 is 23.9 Å². The van der Waals surface area contributed by atoms with Crippen molar-refractivity contribution < 1.29 is 39.6 Å². The number of benzene rings is 3. The molecule has 0 fully saturated rings. The second-order valence-corrected chi connectivity index (χ2v) is 12.2. The van der Waals surface area contributed by atoms with E-state index in [4.69, 9.17) is 5.26 Å². The van der Waals surface area contributed by atoms with Crippen molar-refractivity contribution in [2.45, 2.75) is 11.3 Å². The van der Waals surface area contributed by atoms with E-state index in [0.29, 0.717) is 29.1 Å². The average Bonchev–Trinajstić information content (AvgIpc) is 3.07. The molecule has 0 spiro atoms. The quantitative estimate of drug-likeness (QED) is 0.0531. The fourth-order valence-electron chi connectivity index (χ4n) is 4.08. The highest BCUT2D eigenvalue weighted by Gasteiger charge is 2.17. The van der Waals surface area contributed by atoms with Crippen LogP contribution in [-0.2, 0) is 0 Å². The fourth-order valence-corrected chi connectivity index (χ4v) is 5.90. The number of carboxylic acids is 4. The molecule has 1 aromatic heterocycles. The number of carboxylic acid groups (broad SMARTS) is 4. The van der Waals surface area contributed by atoms with Crippen LogP contribution in [0.5, 0.6) is 0 Å². The van der Waals surface area contributed by atoms with E-state index in [2.05, 4.69) is 25.6 Å². The van der Waals surface area contributed by atoms with Crippen LogP contribution in [0.1, 0.15) is 59.0 Å². The minimum absolute atomic E-state index is 0.0381. The predicted molar refractivity (Wildman–Crippen MR) is 179 cm³/mol. The van der Waals surface area contributed by atoms with Crippen LogP contribution in [0.2, 0.25) is 0 Å². The lowest BCUT2D eigenvalue weighted by molar-refractivity contribution is 0.0676. The summed E-state index contributed by atoms with van der Waals surface area (Å²) in [5.74, 6) is -4.38. The number of nitrogens with zero attached hydrogens (tertiary/aromatic N) is 6. The summed E-state index contributed by atoms with van der Waals surface area (Å²) >= 11 is 2.85. The molecule has 0 radical (unpaired) electrons. The first-order valence-corrected chi connectivity index (χ1v) is 15.8. The number of hydrogen-bond donors (Lipinski definition) is 6. The van der Waals surface area contributed by atoms with Crippen LogP contribution in [0.25, 0.3) is 0 Å². The maximum absolute atomic E-state index is 11.6. The smallest absolute Gasteiger partial charge is 0.335 e. The van der Waals surface area contributed by atoms with E-state index in [-0.39, 0.29) is 51.5 Å². The summed E-state index contributed by atoms with van der Waals surface area (Å²) in [4.78, 5) is 60.4. The van der Waals surface area contributed by atoms with Gasteiger partial charge in [0.1, 0.15) is 12.1 Å². The standard InChI is InChI=1S/C31H24N8O8S2/c1-39(49-6-2-5-48-24-4-3-16(14-32)21(13-24)15-33)31-37-29(34-22-9-17(25(40)41)7-18(10-22)26(42)43)36-30(38-31)35-23-11-19(27(44)45)8-20(12-23)28(46)47/h3-4,7-13H,2,5-6H2,1H3,(H,40,41)(H,42,43)(H,44,45)(H,46,47)(H2,34,35,36,37,38). The second kappa shape index (κ2) is 16.0. The van der Waals surface area contributed by atoms with Gasteiger partial charge in [0, 0.05) is 29.1 Å². The Labute approximate surface area is 286 Å². The molecule has 6 N–H and O–H groups in total. The highest BCUT2D eigenvalue weighted by atomic mass is 32.2. The zero-order chi connectivity index (χ0) is 35.7. The summed E-state index contributed by atoms with van der Waals surface area (Å²) in [5, 5.41) is 61.8. The Bertz CT molecular complexity index is 1890. The third-order valence-corrected chi connectivity index (χ3v) is 8.45. The van der Waals surface area contributed by atoms with Crippen LogP contribution in [0.15, 0.2) is 59.5 Å². The number of anilines is 5. The summed E-state index contributed by atoms with van der Waals surface area (Å²) in [6.45, 7) is 0. The van der Waals surface area contributed by atoms with Gasteiger partial charge in [0.05, 0.1) is 33.4 Å². The number of hydrogen-bond acceptors (Lipinski definition) is 14. The first-order valence-electron chi connectivity index (χ1n) is 13.8. The minimum Gasteiger partial charge on any atom is -0.478 e. The lowest BCUT2D eigenvalue weighted by Crippen LogP contribution is -2.15. The van der Waals surface area contributed by atoms with Gasteiger partial charge in [-0.25, -0.2) is 19.2 Å². The zero-order valence-corrected chi connectivity index (χ0v) is 26.9.